The molecule has 0 aliphatic heterocycles. The van der Waals surface area contributed by atoms with Gasteiger partial charge in [-0.15, -0.1) is 0 Å². The Morgan fingerprint density at radius 1 is 1.10 bits per heavy atom. The lowest BCUT2D eigenvalue weighted by Gasteiger charge is -2.07. The van der Waals surface area contributed by atoms with Crippen LogP contribution in [-0.4, -0.2) is 31.0 Å². The summed E-state index contributed by atoms with van der Waals surface area (Å²) >= 11 is 1.48. The molecule has 0 saturated carbocycles. The van der Waals surface area contributed by atoms with Crippen molar-refractivity contribution in [3.8, 4) is 22.2 Å². The predicted molar refractivity (Wildman–Crippen MR) is 114 cm³/mol. The number of pyridine rings is 1. The van der Waals surface area contributed by atoms with Crippen LogP contribution in [-0.2, 0) is 6.42 Å². The number of rotatable bonds is 7. The van der Waals surface area contributed by atoms with Crippen molar-refractivity contribution in [1.82, 2.24) is 19.9 Å². The highest BCUT2D eigenvalue weighted by atomic mass is 32.1. The number of carboxylic acid groups (broad SMARTS) is 1. The van der Waals surface area contributed by atoms with Crippen LogP contribution in [0, 0.1) is 0 Å². The Kier molecular flexibility index (Phi) is 5.62. The maximum Gasteiger partial charge on any atom is 0.337 e. The quantitative estimate of drug-likeness (QED) is 0.440. The molecule has 0 spiro atoms. The van der Waals surface area contributed by atoms with E-state index in [0.717, 1.165) is 22.7 Å². The van der Waals surface area contributed by atoms with Crippen molar-refractivity contribution in [3.63, 3.8) is 0 Å². The first-order chi connectivity index (χ1) is 14.6. The van der Waals surface area contributed by atoms with Crippen molar-refractivity contribution in [2.45, 2.75) is 13.3 Å². The second kappa shape index (κ2) is 8.66. The average Bonchev–Trinajstić information content (AvgIpc) is 3.18. The summed E-state index contributed by atoms with van der Waals surface area (Å²) in [6.45, 7) is 2.05. The molecule has 0 radical (unpaired) electrons. The number of aromatic carboxylic acids is 1. The van der Waals surface area contributed by atoms with E-state index in [2.05, 4.69) is 25.3 Å². The first kappa shape index (κ1) is 19.5. The van der Waals surface area contributed by atoms with Gasteiger partial charge in [0.2, 0.25) is 16.9 Å². The molecule has 4 rings (SSSR count). The van der Waals surface area contributed by atoms with Gasteiger partial charge in [-0.25, -0.2) is 19.7 Å². The lowest BCUT2D eigenvalue weighted by Crippen LogP contribution is -2.02. The first-order valence-corrected chi connectivity index (χ1v) is 9.96. The van der Waals surface area contributed by atoms with Gasteiger partial charge in [0.15, 0.2) is 0 Å². The SMILES string of the molecule is CCc1nc(-c2ccccc2)c(Oc2ccnc(Nc3ccc(C(=O)O)cn3)n2)s1. The summed E-state index contributed by atoms with van der Waals surface area (Å²) in [5.74, 6) is 0.0295. The lowest BCUT2D eigenvalue weighted by molar-refractivity contribution is 0.0696. The molecule has 0 bridgehead atoms. The zero-order valence-corrected chi connectivity index (χ0v) is 16.8. The van der Waals surface area contributed by atoms with Gasteiger partial charge in [-0.1, -0.05) is 48.6 Å². The molecule has 9 heteroatoms. The number of benzene rings is 1. The van der Waals surface area contributed by atoms with Gasteiger partial charge in [-0.2, -0.15) is 4.98 Å². The fourth-order valence-corrected chi connectivity index (χ4v) is 3.49. The third-order valence-corrected chi connectivity index (χ3v) is 5.15. The Hall–Kier alpha value is -3.85. The maximum absolute atomic E-state index is 10.9. The van der Waals surface area contributed by atoms with Crippen LogP contribution in [0.15, 0.2) is 60.9 Å². The highest BCUT2D eigenvalue weighted by molar-refractivity contribution is 7.14. The fraction of sp³-hybridized carbons (Fsp3) is 0.0952. The normalized spacial score (nSPS) is 10.6. The molecule has 2 N–H and O–H groups in total. The predicted octanol–water partition coefficient (Wildman–Crippen LogP) is 4.79. The van der Waals surface area contributed by atoms with Crippen molar-refractivity contribution < 1.29 is 14.6 Å². The zero-order chi connectivity index (χ0) is 20.9. The van der Waals surface area contributed by atoms with E-state index in [4.69, 9.17) is 9.84 Å². The van der Waals surface area contributed by atoms with Gasteiger partial charge in [0.1, 0.15) is 11.5 Å². The van der Waals surface area contributed by atoms with E-state index in [1.165, 1.54) is 23.6 Å². The van der Waals surface area contributed by atoms with Gasteiger partial charge in [0, 0.05) is 24.0 Å². The van der Waals surface area contributed by atoms with Crippen LogP contribution in [0.4, 0.5) is 11.8 Å². The topological polar surface area (TPSA) is 110 Å². The highest BCUT2D eigenvalue weighted by Gasteiger charge is 2.15. The number of anilines is 2. The summed E-state index contributed by atoms with van der Waals surface area (Å²) in [7, 11) is 0. The highest BCUT2D eigenvalue weighted by Crippen LogP contribution is 2.38. The van der Waals surface area contributed by atoms with Crippen molar-refractivity contribution in [1.29, 1.82) is 0 Å². The smallest absolute Gasteiger partial charge is 0.337 e. The molecule has 4 aromatic rings. The molecule has 3 aromatic heterocycles. The van der Waals surface area contributed by atoms with Gasteiger partial charge in [0.05, 0.1) is 10.6 Å². The Morgan fingerprint density at radius 2 is 1.93 bits per heavy atom. The van der Waals surface area contributed by atoms with Crippen LogP contribution >= 0.6 is 11.3 Å². The Labute approximate surface area is 176 Å². The summed E-state index contributed by atoms with van der Waals surface area (Å²) in [4.78, 5) is 28.2. The van der Waals surface area contributed by atoms with Crippen LogP contribution in [0.3, 0.4) is 0 Å². The third-order valence-electron chi connectivity index (χ3n) is 4.07. The van der Waals surface area contributed by atoms with Crippen LogP contribution in [0.25, 0.3) is 11.3 Å². The molecule has 0 unspecified atom stereocenters. The number of aromatic nitrogens is 4. The van der Waals surface area contributed by atoms with Gasteiger partial charge in [-0.3, -0.25) is 0 Å². The summed E-state index contributed by atoms with van der Waals surface area (Å²) in [6, 6.07) is 14.5. The van der Waals surface area contributed by atoms with Gasteiger partial charge in [0.25, 0.3) is 0 Å². The van der Waals surface area contributed by atoms with Crippen LogP contribution in [0.1, 0.15) is 22.3 Å². The number of hydrogen-bond acceptors (Lipinski definition) is 8. The summed E-state index contributed by atoms with van der Waals surface area (Å²) in [5.41, 5.74) is 1.85. The largest absolute Gasteiger partial charge is 0.478 e. The minimum Gasteiger partial charge on any atom is -0.478 e. The van der Waals surface area contributed by atoms with Crippen molar-refractivity contribution in [2.75, 3.05) is 5.32 Å². The van der Waals surface area contributed by atoms with E-state index in [1.807, 2.05) is 37.3 Å². The number of nitrogens with zero attached hydrogens (tertiary/aromatic N) is 4. The molecule has 1 aromatic carbocycles. The van der Waals surface area contributed by atoms with Crippen LogP contribution in [0.2, 0.25) is 0 Å². The first-order valence-electron chi connectivity index (χ1n) is 9.14. The molecule has 150 valence electrons. The number of carboxylic acids is 1. The third kappa shape index (κ3) is 4.41. The van der Waals surface area contributed by atoms with E-state index in [0.29, 0.717) is 16.8 Å². The number of hydrogen-bond donors (Lipinski definition) is 2. The molecule has 0 fully saturated rings. The molecule has 0 amide bonds. The Balaban J connectivity index is 1.56. The Morgan fingerprint density at radius 3 is 2.63 bits per heavy atom. The minimum absolute atomic E-state index is 0.101. The number of ether oxygens (including phenoxy) is 1. The Bertz CT molecular complexity index is 1160. The molecule has 3 heterocycles. The standard InChI is InChI=1S/C21H17N5O3S/c1-2-17-26-18(13-6-4-3-5-7-13)20(30-17)29-16-10-11-22-21(25-16)24-15-9-8-14(12-23-15)19(27)28/h3-12H,2H2,1H3,(H,27,28)(H,22,23,24,25). The number of aryl methyl sites for hydroxylation is 1. The summed E-state index contributed by atoms with van der Waals surface area (Å²) in [5, 5.41) is 13.5. The van der Waals surface area contributed by atoms with Crippen molar-refractivity contribution in [2.24, 2.45) is 0 Å². The summed E-state index contributed by atoms with van der Waals surface area (Å²) in [6.07, 6.45) is 3.64. The second-order valence-electron chi connectivity index (χ2n) is 6.15. The van der Waals surface area contributed by atoms with E-state index in [9.17, 15) is 4.79 Å². The van der Waals surface area contributed by atoms with Crippen molar-refractivity contribution >= 4 is 29.1 Å². The van der Waals surface area contributed by atoms with E-state index in [1.54, 1.807) is 18.3 Å². The molecule has 0 aliphatic carbocycles. The minimum atomic E-state index is -1.04. The zero-order valence-electron chi connectivity index (χ0n) is 15.9. The van der Waals surface area contributed by atoms with Crippen LogP contribution in [0.5, 0.6) is 10.9 Å². The maximum atomic E-state index is 10.9. The molecular weight excluding hydrogens is 402 g/mol. The summed E-state index contributed by atoms with van der Waals surface area (Å²) < 4.78 is 6.04. The molecule has 30 heavy (non-hydrogen) atoms. The van der Waals surface area contributed by atoms with Gasteiger partial charge >= 0.3 is 5.97 Å². The molecule has 0 atom stereocenters. The van der Waals surface area contributed by atoms with Gasteiger partial charge < -0.3 is 15.2 Å². The van der Waals surface area contributed by atoms with E-state index >= 15 is 0 Å². The van der Waals surface area contributed by atoms with E-state index < -0.39 is 5.97 Å². The van der Waals surface area contributed by atoms with Crippen LogP contribution < -0.4 is 10.1 Å². The number of nitrogens with one attached hydrogen (secondary N) is 1. The average molecular weight is 419 g/mol. The molecule has 0 saturated heterocycles. The number of thiazole rings is 1. The monoisotopic (exact) mass is 419 g/mol. The number of carbonyl (C=O) groups is 1. The lowest BCUT2D eigenvalue weighted by atomic mass is 10.2. The molecule has 0 aliphatic rings. The second-order valence-corrected chi connectivity index (χ2v) is 7.19. The van der Waals surface area contributed by atoms with Gasteiger partial charge in [-0.05, 0) is 18.6 Å². The van der Waals surface area contributed by atoms with Crippen molar-refractivity contribution in [3.05, 3.63) is 71.5 Å². The molecular formula is C21H17N5O3S. The fourth-order valence-electron chi connectivity index (χ4n) is 2.61. The molecule has 8 nitrogen and oxygen atoms in total. The van der Waals surface area contributed by atoms with E-state index in [-0.39, 0.29) is 11.5 Å².